The fourth-order valence-electron chi connectivity index (χ4n) is 1.90. The number of rotatable bonds is 9. The van der Waals surface area contributed by atoms with E-state index in [2.05, 4.69) is 13.5 Å². The SMILES string of the molecule is C=CC(=O)OC(C)(C)OCCC(C)(CC)Oc1ccccc1. The molecule has 0 saturated carbocycles. The number of hydrogen-bond acceptors (Lipinski definition) is 4. The number of esters is 1. The molecule has 4 heteroatoms. The Morgan fingerprint density at radius 1 is 1.23 bits per heavy atom. The fraction of sp³-hybridized carbons (Fsp3) is 0.500. The Hall–Kier alpha value is -1.81. The number of carbonyl (C=O) groups is 1. The van der Waals surface area contributed by atoms with Crippen molar-refractivity contribution in [3.05, 3.63) is 43.0 Å². The van der Waals surface area contributed by atoms with E-state index >= 15 is 0 Å². The van der Waals surface area contributed by atoms with Crippen LogP contribution < -0.4 is 4.74 Å². The van der Waals surface area contributed by atoms with E-state index in [9.17, 15) is 4.79 Å². The summed E-state index contributed by atoms with van der Waals surface area (Å²) in [6.07, 6.45) is 2.66. The summed E-state index contributed by atoms with van der Waals surface area (Å²) in [6.45, 7) is 11.3. The second-order valence-corrected chi connectivity index (χ2v) is 5.84. The minimum absolute atomic E-state index is 0.333. The first kappa shape index (κ1) is 18.2. The number of carbonyl (C=O) groups excluding carboxylic acids is 1. The van der Waals surface area contributed by atoms with Gasteiger partial charge in [0.05, 0.1) is 6.61 Å². The van der Waals surface area contributed by atoms with Gasteiger partial charge in [0.2, 0.25) is 5.79 Å². The molecule has 122 valence electrons. The molecule has 0 aromatic heterocycles. The zero-order chi connectivity index (χ0) is 16.6. The van der Waals surface area contributed by atoms with Crippen molar-refractivity contribution in [3.63, 3.8) is 0 Å². The Bertz CT molecular complexity index is 481. The van der Waals surface area contributed by atoms with Gasteiger partial charge in [-0.2, -0.15) is 0 Å². The number of hydrogen-bond donors (Lipinski definition) is 0. The molecule has 1 rings (SSSR count). The van der Waals surface area contributed by atoms with E-state index in [0.717, 1.165) is 18.2 Å². The van der Waals surface area contributed by atoms with Crippen LogP contribution in [0.5, 0.6) is 5.75 Å². The molecule has 0 aliphatic rings. The third-order valence-corrected chi connectivity index (χ3v) is 3.45. The summed E-state index contributed by atoms with van der Waals surface area (Å²) in [4.78, 5) is 11.2. The van der Waals surface area contributed by atoms with Crippen LogP contribution in [0.4, 0.5) is 0 Å². The maximum absolute atomic E-state index is 11.2. The van der Waals surface area contributed by atoms with Gasteiger partial charge in [-0.3, -0.25) is 0 Å². The summed E-state index contributed by atoms with van der Waals surface area (Å²) in [5.74, 6) is -0.639. The van der Waals surface area contributed by atoms with E-state index in [0.29, 0.717) is 13.0 Å². The number of benzene rings is 1. The molecule has 1 unspecified atom stereocenters. The lowest BCUT2D eigenvalue weighted by molar-refractivity contribution is -0.213. The highest BCUT2D eigenvalue weighted by molar-refractivity contribution is 5.81. The predicted molar refractivity (Wildman–Crippen MR) is 86.7 cm³/mol. The molecular weight excluding hydrogens is 280 g/mol. The molecule has 0 fully saturated rings. The maximum Gasteiger partial charge on any atom is 0.332 e. The molecule has 1 atom stereocenters. The summed E-state index contributed by atoms with van der Waals surface area (Å²) in [5, 5.41) is 0. The van der Waals surface area contributed by atoms with Gasteiger partial charge < -0.3 is 14.2 Å². The van der Waals surface area contributed by atoms with Gasteiger partial charge in [0.1, 0.15) is 11.4 Å². The number of ether oxygens (including phenoxy) is 3. The van der Waals surface area contributed by atoms with Crippen LogP contribution in [0, 0.1) is 0 Å². The molecule has 22 heavy (non-hydrogen) atoms. The van der Waals surface area contributed by atoms with Crippen molar-refractivity contribution in [3.8, 4) is 5.75 Å². The second kappa shape index (κ2) is 7.99. The Balaban J connectivity index is 2.52. The van der Waals surface area contributed by atoms with Crippen molar-refractivity contribution in [2.24, 2.45) is 0 Å². The van der Waals surface area contributed by atoms with Gasteiger partial charge in [-0.15, -0.1) is 0 Å². The van der Waals surface area contributed by atoms with Crippen molar-refractivity contribution in [1.29, 1.82) is 0 Å². The van der Waals surface area contributed by atoms with Crippen molar-refractivity contribution < 1.29 is 19.0 Å². The molecule has 0 heterocycles. The van der Waals surface area contributed by atoms with Crippen LogP contribution in [-0.2, 0) is 14.3 Å². The molecule has 0 amide bonds. The van der Waals surface area contributed by atoms with Gasteiger partial charge in [-0.1, -0.05) is 31.7 Å². The zero-order valence-corrected chi connectivity index (χ0v) is 13.9. The minimum Gasteiger partial charge on any atom is -0.488 e. The molecule has 1 aromatic carbocycles. The van der Waals surface area contributed by atoms with Crippen LogP contribution in [0.15, 0.2) is 43.0 Å². The van der Waals surface area contributed by atoms with Crippen LogP contribution in [0.1, 0.15) is 40.5 Å². The highest BCUT2D eigenvalue weighted by Gasteiger charge is 2.27. The van der Waals surface area contributed by atoms with Gasteiger partial charge in [-0.05, 0) is 25.5 Å². The van der Waals surface area contributed by atoms with Crippen LogP contribution in [-0.4, -0.2) is 24.0 Å². The van der Waals surface area contributed by atoms with Gasteiger partial charge >= 0.3 is 5.97 Å². The summed E-state index contributed by atoms with van der Waals surface area (Å²) in [7, 11) is 0. The Morgan fingerprint density at radius 3 is 2.41 bits per heavy atom. The standard InChI is InChI=1S/C18H26O4/c1-6-16(19)22-17(3,4)20-14-13-18(5,7-2)21-15-11-9-8-10-12-15/h6,8-12H,1,7,13-14H2,2-5H3. The molecule has 0 saturated heterocycles. The Morgan fingerprint density at radius 2 is 1.86 bits per heavy atom. The lowest BCUT2D eigenvalue weighted by atomic mass is 9.99. The van der Waals surface area contributed by atoms with Crippen LogP contribution in [0.25, 0.3) is 0 Å². The first-order valence-electron chi connectivity index (χ1n) is 7.54. The monoisotopic (exact) mass is 306 g/mol. The van der Waals surface area contributed by atoms with Crippen LogP contribution in [0.2, 0.25) is 0 Å². The smallest absolute Gasteiger partial charge is 0.332 e. The Kier molecular flexibility index (Phi) is 6.62. The number of para-hydroxylation sites is 1. The molecule has 4 nitrogen and oxygen atoms in total. The van der Waals surface area contributed by atoms with E-state index in [1.807, 2.05) is 37.3 Å². The van der Waals surface area contributed by atoms with E-state index in [1.165, 1.54) is 0 Å². The lowest BCUT2D eigenvalue weighted by Crippen LogP contribution is -2.36. The highest BCUT2D eigenvalue weighted by atomic mass is 16.7. The molecule has 1 aromatic rings. The minimum atomic E-state index is -0.979. The molecule has 0 bridgehead atoms. The van der Waals surface area contributed by atoms with E-state index in [-0.39, 0.29) is 5.60 Å². The van der Waals surface area contributed by atoms with Gasteiger partial charge in [0.25, 0.3) is 0 Å². The third kappa shape index (κ3) is 6.31. The predicted octanol–water partition coefficient (Wildman–Crippen LogP) is 4.11. The lowest BCUT2D eigenvalue weighted by Gasteiger charge is -2.31. The Labute approximate surface area is 133 Å². The van der Waals surface area contributed by atoms with Gasteiger partial charge in [0.15, 0.2) is 0 Å². The first-order chi connectivity index (χ1) is 10.3. The third-order valence-electron chi connectivity index (χ3n) is 3.45. The molecule has 0 radical (unpaired) electrons. The van der Waals surface area contributed by atoms with Gasteiger partial charge in [-0.25, -0.2) is 4.79 Å². The van der Waals surface area contributed by atoms with Crippen LogP contribution >= 0.6 is 0 Å². The van der Waals surface area contributed by atoms with Crippen molar-refractivity contribution in [2.45, 2.75) is 51.9 Å². The normalized spacial score (nSPS) is 14.0. The van der Waals surface area contributed by atoms with Crippen LogP contribution in [0.3, 0.4) is 0 Å². The fourth-order valence-corrected chi connectivity index (χ4v) is 1.90. The average molecular weight is 306 g/mol. The van der Waals surface area contributed by atoms with E-state index in [1.54, 1.807) is 13.8 Å². The average Bonchev–Trinajstić information content (AvgIpc) is 2.47. The quantitative estimate of drug-likeness (QED) is 0.391. The zero-order valence-electron chi connectivity index (χ0n) is 13.9. The summed E-state index contributed by atoms with van der Waals surface area (Å²) in [5.41, 5.74) is -0.333. The summed E-state index contributed by atoms with van der Waals surface area (Å²) < 4.78 is 16.9. The highest BCUT2D eigenvalue weighted by Crippen LogP contribution is 2.25. The summed E-state index contributed by atoms with van der Waals surface area (Å²) in [6, 6.07) is 9.71. The van der Waals surface area contributed by atoms with E-state index < -0.39 is 11.8 Å². The van der Waals surface area contributed by atoms with Gasteiger partial charge in [0, 0.05) is 26.3 Å². The second-order valence-electron chi connectivity index (χ2n) is 5.84. The van der Waals surface area contributed by atoms with E-state index in [4.69, 9.17) is 14.2 Å². The largest absolute Gasteiger partial charge is 0.488 e. The van der Waals surface area contributed by atoms with Crippen molar-refractivity contribution in [2.75, 3.05) is 6.61 Å². The first-order valence-corrected chi connectivity index (χ1v) is 7.54. The molecule has 0 aliphatic heterocycles. The maximum atomic E-state index is 11.2. The molecular formula is C18H26O4. The molecule has 0 aliphatic carbocycles. The summed E-state index contributed by atoms with van der Waals surface area (Å²) >= 11 is 0. The van der Waals surface area contributed by atoms with Crippen molar-refractivity contribution >= 4 is 5.97 Å². The molecule has 0 spiro atoms. The molecule has 0 N–H and O–H groups in total. The topological polar surface area (TPSA) is 44.8 Å². The van der Waals surface area contributed by atoms with Crippen molar-refractivity contribution in [1.82, 2.24) is 0 Å².